The molecule has 0 saturated carbocycles. The van der Waals surface area contributed by atoms with Crippen molar-refractivity contribution in [2.24, 2.45) is 5.92 Å². The van der Waals surface area contributed by atoms with Crippen LogP contribution in [0, 0.1) is 5.92 Å². The maximum Gasteiger partial charge on any atom is 0.308 e. The van der Waals surface area contributed by atoms with Crippen molar-refractivity contribution in [1.82, 2.24) is 9.88 Å². The average molecular weight is 250 g/mol. The van der Waals surface area contributed by atoms with E-state index in [2.05, 4.69) is 4.98 Å². The molecule has 1 aliphatic rings. The molecule has 1 unspecified atom stereocenters. The number of hydrogen-bond donors (Lipinski definition) is 2. The Morgan fingerprint density at radius 1 is 1.44 bits per heavy atom. The number of aliphatic carboxylic acids is 1. The van der Waals surface area contributed by atoms with Gasteiger partial charge in [0, 0.05) is 19.3 Å². The lowest BCUT2D eigenvalue weighted by Crippen LogP contribution is -2.42. The number of aromatic nitrogens is 1. The van der Waals surface area contributed by atoms with E-state index in [0.717, 1.165) is 0 Å². The molecule has 0 radical (unpaired) electrons. The Labute approximate surface area is 104 Å². The average Bonchev–Trinajstić information content (AvgIpc) is 2.38. The zero-order valence-electron chi connectivity index (χ0n) is 9.74. The number of amides is 1. The van der Waals surface area contributed by atoms with Crippen LogP contribution in [0.1, 0.15) is 23.2 Å². The molecule has 1 atom stereocenters. The molecule has 1 saturated heterocycles. The summed E-state index contributed by atoms with van der Waals surface area (Å²) in [6.07, 6.45) is 3.87. The molecule has 1 aromatic rings. The van der Waals surface area contributed by atoms with Gasteiger partial charge < -0.3 is 15.1 Å². The molecule has 6 nitrogen and oxygen atoms in total. The van der Waals surface area contributed by atoms with Crippen molar-refractivity contribution in [1.29, 1.82) is 0 Å². The summed E-state index contributed by atoms with van der Waals surface area (Å²) in [6, 6.07) is 1.43. The van der Waals surface area contributed by atoms with Crippen LogP contribution in [0.15, 0.2) is 18.5 Å². The second-order valence-corrected chi connectivity index (χ2v) is 4.32. The van der Waals surface area contributed by atoms with Gasteiger partial charge in [-0.3, -0.25) is 14.6 Å². The van der Waals surface area contributed by atoms with Crippen LogP contribution in [-0.4, -0.2) is 45.1 Å². The number of aromatic hydroxyl groups is 1. The fourth-order valence-electron chi connectivity index (χ4n) is 2.10. The molecule has 1 fully saturated rings. The second kappa shape index (κ2) is 5.03. The maximum absolute atomic E-state index is 12.1. The van der Waals surface area contributed by atoms with Crippen LogP contribution in [0.25, 0.3) is 0 Å². The van der Waals surface area contributed by atoms with Crippen molar-refractivity contribution in [2.75, 3.05) is 13.1 Å². The minimum Gasteiger partial charge on any atom is -0.505 e. The summed E-state index contributed by atoms with van der Waals surface area (Å²) in [4.78, 5) is 28.2. The van der Waals surface area contributed by atoms with Crippen molar-refractivity contribution in [2.45, 2.75) is 12.8 Å². The zero-order chi connectivity index (χ0) is 13.1. The van der Waals surface area contributed by atoms with E-state index in [0.29, 0.717) is 19.4 Å². The van der Waals surface area contributed by atoms with Crippen molar-refractivity contribution < 1.29 is 19.8 Å². The van der Waals surface area contributed by atoms with E-state index in [1.54, 1.807) is 0 Å². The van der Waals surface area contributed by atoms with Crippen LogP contribution in [0.3, 0.4) is 0 Å². The van der Waals surface area contributed by atoms with Crippen molar-refractivity contribution >= 4 is 11.9 Å². The Hall–Kier alpha value is -2.11. The Morgan fingerprint density at radius 2 is 2.22 bits per heavy atom. The second-order valence-electron chi connectivity index (χ2n) is 4.32. The number of likely N-dealkylation sites (tertiary alicyclic amines) is 1. The third-order valence-corrected chi connectivity index (χ3v) is 3.09. The molecule has 0 aromatic carbocycles. The van der Waals surface area contributed by atoms with E-state index in [1.807, 2.05) is 0 Å². The Balaban J connectivity index is 2.14. The normalized spacial score (nSPS) is 19.6. The summed E-state index contributed by atoms with van der Waals surface area (Å²) in [7, 11) is 0. The lowest BCUT2D eigenvalue weighted by Gasteiger charge is -2.30. The summed E-state index contributed by atoms with van der Waals surface area (Å²) >= 11 is 0. The summed E-state index contributed by atoms with van der Waals surface area (Å²) in [5.74, 6) is -1.93. The molecule has 18 heavy (non-hydrogen) atoms. The van der Waals surface area contributed by atoms with Gasteiger partial charge in [0.25, 0.3) is 5.91 Å². The lowest BCUT2D eigenvalue weighted by molar-refractivity contribution is -0.143. The minimum atomic E-state index is -0.883. The van der Waals surface area contributed by atoms with Crippen molar-refractivity contribution in [3.05, 3.63) is 24.0 Å². The van der Waals surface area contributed by atoms with Crippen LogP contribution >= 0.6 is 0 Å². The first-order valence-corrected chi connectivity index (χ1v) is 5.74. The Kier molecular flexibility index (Phi) is 3.45. The highest BCUT2D eigenvalue weighted by molar-refractivity contribution is 5.96. The fourth-order valence-corrected chi connectivity index (χ4v) is 2.10. The van der Waals surface area contributed by atoms with Gasteiger partial charge in [0.2, 0.25) is 0 Å². The molecule has 0 aliphatic carbocycles. The zero-order valence-corrected chi connectivity index (χ0v) is 9.74. The quantitative estimate of drug-likeness (QED) is 0.807. The van der Waals surface area contributed by atoms with E-state index in [1.165, 1.54) is 23.4 Å². The molecule has 1 aromatic heterocycles. The molecule has 96 valence electrons. The topological polar surface area (TPSA) is 90.7 Å². The number of carboxylic acids is 1. The standard InChI is InChI=1S/C12H14N2O4/c15-10-6-13-4-3-9(10)11(16)14-5-1-2-8(7-14)12(17)18/h3-4,6,8,15H,1-2,5,7H2,(H,17,18). The number of carbonyl (C=O) groups is 2. The lowest BCUT2D eigenvalue weighted by atomic mass is 9.97. The number of carboxylic acid groups (broad SMARTS) is 1. The molecule has 2 N–H and O–H groups in total. The number of nitrogens with zero attached hydrogens (tertiary/aromatic N) is 2. The minimum absolute atomic E-state index is 0.163. The predicted molar refractivity (Wildman–Crippen MR) is 62.2 cm³/mol. The van der Waals surface area contributed by atoms with E-state index >= 15 is 0 Å². The highest BCUT2D eigenvalue weighted by Crippen LogP contribution is 2.22. The molecular formula is C12H14N2O4. The predicted octanol–water partition coefficient (Wildman–Crippen LogP) is 0.724. The van der Waals surface area contributed by atoms with Gasteiger partial charge in [-0.05, 0) is 18.9 Å². The molecule has 2 rings (SSSR count). The van der Waals surface area contributed by atoms with Gasteiger partial charge in [0.1, 0.15) is 5.75 Å². The largest absolute Gasteiger partial charge is 0.505 e. The Bertz CT molecular complexity index is 475. The van der Waals surface area contributed by atoms with E-state index < -0.39 is 11.9 Å². The molecule has 1 amide bonds. The van der Waals surface area contributed by atoms with Gasteiger partial charge in [-0.2, -0.15) is 0 Å². The SMILES string of the molecule is O=C(O)C1CCCN(C(=O)c2ccncc2O)C1. The molecule has 2 heterocycles. The van der Waals surface area contributed by atoms with Gasteiger partial charge in [0.15, 0.2) is 0 Å². The smallest absolute Gasteiger partial charge is 0.308 e. The number of piperidine rings is 1. The number of carbonyl (C=O) groups excluding carboxylic acids is 1. The van der Waals surface area contributed by atoms with Gasteiger partial charge in [0.05, 0.1) is 17.7 Å². The first kappa shape index (κ1) is 12.3. The first-order chi connectivity index (χ1) is 8.59. The van der Waals surface area contributed by atoms with Crippen molar-refractivity contribution in [3.8, 4) is 5.75 Å². The third-order valence-electron chi connectivity index (χ3n) is 3.09. The van der Waals surface area contributed by atoms with Crippen molar-refractivity contribution in [3.63, 3.8) is 0 Å². The number of rotatable bonds is 2. The van der Waals surface area contributed by atoms with Gasteiger partial charge in [-0.1, -0.05) is 0 Å². The fraction of sp³-hybridized carbons (Fsp3) is 0.417. The molecular weight excluding hydrogens is 236 g/mol. The van der Waals surface area contributed by atoms with E-state index in [-0.39, 0.29) is 23.8 Å². The van der Waals surface area contributed by atoms with Crippen LogP contribution in [0.5, 0.6) is 5.75 Å². The number of hydrogen-bond acceptors (Lipinski definition) is 4. The highest BCUT2D eigenvalue weighted by Gasteiger charge is 2.29. The first-order valence-electron chi connectivity index (χ1n) is 5.74. The van der Waals surface area contributed by atoms with E-state index in [4.69, 9.17) is 5.11 Å². The summed E-state index contributed by atoms with van der Waals surface area (Å²) in [5, 5.41) is 18.5. The van der Waals surface area contributed by atoms with Crippen LogP contribution in [0.4, 0.5) is 0 Å². The summed E-state index contributed by atoms with van der Waals surface area (Å²) in [5.41, 5.74) is 0.163. The highest BCUT2D eigenvalue weighted by atomic mass is 16.4. The summed E-state index contributed by atoms with van der Waals surface area (Å²) in [6.45, 7) is 0.709. The van der Waals surface area contributed by atoms with Gasteiger partial charge >= 0.3 is 5.97 Å². The molecule has 0 spiro atoms. The van der Waals surface area contributed by atoms with Crippen LogP contribution in [0.2, 0.25) is 0 Å². The van der Waals surface area contributed by atoms with Gasteiger partial charge in [-0.25, -0.2) is 0 Å². The molecule has 1 aliphatic heterocycles. The van der Waals surface area contributed by atoms with Crippen LogP contribution < -0.4 is 0 Å². The van der Waals surface area contributed by atoms with E-state index in [9.17, 15) is 14.7 Å². The third kappa shape index (κ3) is 2.42. The monoisotopic (exact) mass is 250 g/mol. The Morgan fingerprint density at radius 3 is 2.89 bits per heavy atom. The van der Waals surface area contributed by atoms with Gasteiger partial charge in [-0.15, -0.1) is 0 Å². The molecule has 6 heteroatoms. The summed E-state index contributed by atoms with van der Waals surface area (Å²) < 4.78 is 0. The number of pyridine rings is 1. The van der Waals surface area contributed by atoms with Crippen LogP contribution in [-0.2, 0) is 4.79 Å². The molecule has 0 bridgehead atoms. The maximum atomic E-state index is 12.1.